The summed E-state index contributed by atoms with van der Waals surface area (Å²) in [6, 6.07) is 16.8. The van der Waals surface area contributed by atoms with E-state index >= 15 is 0 Å². The molecule has 0 aromatic heterocycles. The first-order chi connectivity index (χ1) is 12.6. The number of carbonyl (C=O) groups is 1. The molecule has 1 heterocycles. The second kappa shape index (κ2) is 8.37. The second-order valence-corrected chi connectivity index (χ2v) is 7.10. The average molecular weight is 352 g/mol. The van der Waals surface area contributed by atoms with Crippen LogP contribution in [-0.4, -0.2) is 49.5 Å². The largest absolute Gasteiger partial charge is 0.497 e. The molecule has 1 saturated heterocycles. The van der Waals surface area contributed by atoms with Gasteiger partial charge in [0.15, 0.2) is 0 Å². The minimum Gasteiger partial charge on any atom is -0.497 e. The van der Waals surface area contributed by atoms with E-state index in [1.165, 1.54) is 16.7 Å². The molecular formula is C22H28N2O2. The molecule has 0 aliphatic carbocycles. The van der Waals surface area contributed by atoms with E-state index in [0.717, 1.165) is 31.8 Å². The number of benzene rings is 2. The van der Waals surface area contributed by atoms with Crippen LogP contribution in [0.4, 0.5) is 0 Å². The van der Waals surface area contributed by atoms with E-state index in [-0.39, 0.29) is 11.9 Å². The van der Waals surface area contributed by atoms with Gasteiger partial charge in [0.1, 0.15) is 5.75 Å². The van der Waals surface area contributed by atoms with E-state index in [9.17, 15) is 4.79 Å². The molecule has 3 rings (SSSR count). The van der Waals surface area contributed by atoms with Gasteiger partial charge in [-0.15, -0.1) is 0 Å². The smallest absolute Gasteiger partial charge is 0.223 e. The van der Waals surface area contributed by atoms with Crippen LogP contribution >= 0.6 is 0 Å². The summed E-state index contributed by atoms with van der Waals surface area (Å²) >= 11 is 0. The van der Waals surface area contributed by atoms with Gasteiger partial charge in [-0.05, 0) is 43.7 Å². The molecule has 4 heteroatoms. The third kappa shape index (κ3) is 4.44. The van der Waals surface area contributed by atoms with Crippen LogP contribution in [-0.2, 0) is 11.2 Å². The predicted molar refractivity (Wildman–Crippen MR) is 104 cm³/mol. The van der Waals surface area contributed by atoms with Crippen LogP contribution in [0.2, 0.25) is 0 Å². The van der Waals surface area contributed by atoms with Gasteiger partial charge in [-0.3, -0.25) is 9.69 Å². The highest BCUT2D eigenvalue weighted by atomic mass is 16.5. The number of ether oxygens (including phenoxy) is 1. The summed E-state index contributed by atoms with van der Waals surface area (Å²) in [6.07, 6.45) is 1.37. The number of hydrogen-bond donors (Lipinski definition) is 0. The normalized spacial score (nSPS) is 18.0. The molecular weight excluding hydrogens is 324 g/mol. The Labute approximate surface area is 156 Å². The molecule has 2 aromatic carbocycles. The molecule has 26 heavy (non-hydrogen) atoms. The van der Waals surface area contributed by atoms with Crippen LogP contribution in [0.5, 0.6) is 5.75 Å². The summed E-state index contributed by atoms with van der Waals surface area (Å²) in [5.41, 5.74) is 3.67. The lowest BCUT2D eigenvalue weighted by Gasteiger charge is -2.40. The van der Waals surface area contributed by atoms with E-state index in [1.807, 2.05) is 17.0 Å². The van der Waals surface area contributed by atoms with Crippen molar-refractivity contribution in [2.75, 3.05) is 33.8 Å². The molecule has 1 aliphatic rings. The lowest BCUT2D eigenvalue weighted by atomic mass is 10.0. The van der Waals surface area contributed by atoms with Gasteiger partial charge in [0.2, 0.25) is 5.91 Å². The van der Waals surface area contributed by atoms with Crippen molar-refractivity contribution in [1.29, 1.82) is 0 Å². The number of carbonyl (C=O) groups excluding carboxylic acids is 1. The highest BCUT2D eigenvalue weighted by molar-refractivity contribution is 5.76. The number of rotatable bonds is 5. The molecule has 4 nitrogen and oxygen atoms in total. The first-order valence-electron chi connectivity index (χ1n) is 9.24. The van der Waals surface area contributed by atoms with Gasteiger partial charge in [0.05, 0.1) is 13.2 Å². The van der Waals surface area contributed by atoms with Gasteiger partial charge in [0, 0.05) is 26.1 Å². The van der Waals surface area contributed by atoms with E-state index in [2.05, 4.69) is 55.3 Å². The van der Waals surface area contributed by atoms with Gasteiger partial charge >= 0.3 is 0 Å². The lowest BCUT2D eigenvalue weighted by Crippen LogP contribution is -2.49. The third-order valence-electron chi connectivity index (χ3n) is 5.23. The van der Waals surface area contributed by atoms with Crippen molar-refractivity contribution in [3.63, 3.8) is 0 Å². The minimum atomic E-state index is 0.210. The number of likely N-dealkylation sites (N-methyl/N-ethyl adjacent to an activating group) is 1. The molecule has 0 bridgehead atoms. The monoisotopic (exact) mass is 352 g/mol. The lowest BCUT2D eigenvalue weighted by molar-refractivity contribution is -0.134. The van der Waals surface area contributed by atoms with Crippen molar-refractivity contribution in [3.8, 4) is 5.75 Å². The summed E-state index contributed by atoms with van der Waals surface area (Å²) in [7, 11) is 3.81. The SMILES string of the molecule is COc1cccc(C2CN(C(=O)CCc3ccc(C)cc3)CCN2C)c1. The van der Waals surface area contributed by atoms with Crippen LogP contribution in [0.3, 0.4) is 0 Å². The first kappa shape index (κ1) is 18.5. The number of amides is 1. The molecule has 0 N–H and O–H groups in total. The standard InChI is InChI=1S/C22H28N2O2/c1-17-7-9-18(10-8-17)11-12-22(25)24-14-13-23(2)21(16-24)19-5-4-6-20(15-19)26-3/h4-10,15,21H,11-14,16H2,1-3H3. The Kier molecular flexibility index (Phi) is 5.94. The van der Waals surface area contributed by atoms with Crippen LogP contribution in [0.15, 0.2) is 48.5 Å². The molecule has 2 aromatic rings. The number of piperazine rings is 1. The van der Waals surface area contributed by atoms with Crippen LogP contribution in [0, 0.1) is 6.92 Å². The molecule has 0 saturated carbocycles. The Morgan fingerprint density at radius 1 is 1.15 bits per heavy atom. The zero-order valence-corrected chi connectivity index (χ0v) is 15.9. The van der Waals surface area contributed by atoms with E-state index < -0.39 is 0 Å². The topological polar surface area (TPSA) is 32.8 Å². The van der Waals surface area contributed by atoms with Crippen molar-refractivity contribution >= 4 is 5.91 Å². The van der Waals surface area contributed by atoms with Crippen molar-refractivity contribution < 1.29 is 9.53 Å². The Bertz CT molecular complexity index is 742. The summed E-state index contributed by atoms with van der Waals surface area (Å²) in [4.78, 5) is 17.1. The Morgan fingerprint density at radius 2 is 1.92 bits per heavy atom. The maximum absolute atomic E-state index is 12.7. The molecule has 0 spiro atoms. The fourth-order valence-electron chi connectivity index (χ4n) is 3.47. The minimum absolute atomic E-state index is 0.210. The van der Waals surface area contributed by atoms with Crippen molar-refractivity contribution in [1.82, 2.24) is 9.80 Å². The Balaban J connectivity index is 1.63. The predicted octanol–water partition coefficient (Wildman–Crippen LogP) is 3.45. The molecule has 1 unspecified atom stereocenters. The summed E-state index contributed by atoms with van der Waals surface area (Å²) < 4.78 is 5.35. The second-order valence-electron chi connectivity index (χ2n) is 7.10. The highest BCUT2D eigenvalue weighted by Gasteiger charge is 2.28. The zero-order chi connectivity index (χ0) is 18.5. The summed E-state index contributed by atoms with van der Waals surface area (Å²) in [6.45, 7) is 4.50. The number of hydrogen-bond acceptors (Lipinski definition) is 3. The number of nitrogens with zero attached hydrogens (tertiary/aromatic N) is 2. The molecule has 1 amide bonds. The summed E-state index contributed by atoms with van der Waals surface area (Å²) in [5.74, 6) is 1.10. The fraction of sp³-hybridized carbons (Fsp3) is 0.409. The fourth-order valence-corrected chi connectivity index (χ4v) is 3.47. The molecule has 1 atom stereocenters. The van der Waals surface area contributed by atoms with Crippen molar-refractivity contribution in [2.24, 2.45) is 0 Å². The Morgan fingerprint density at radius 3 is 2.65 bits per heavy atom. The van der Waals surface area contributed by atoms with Crippen LogP contribution in [0.1, 0.15) is 29.2 Å². The van der Waals surface area contributed by atoms with Crippen LogP contribution < -0.4 is 4.74 Å². The number of aryl methyl sites for hydroxylation is 2. The quantitative estimate of drug-likeness (QED) is 0.826. The maximum atomic E-state index is 12.7. The van der Waals surface area contributed by atoms with Gasteiger partial charge in [-0.25, -0.2) is 0 Å². The number of methoxy groups -OCH3 is 1. The van der Waals surface area contributed by atoms with Gasteiger partial charge < -0.3 is 9.64 Å². The van der Waals surface area contributed by atoms with Gasteiger partial charge in [-0.2, -0.15) is 0 Å². The molecule has 0 radical (unpaired) electrons. The van der Waals surface area contributed by atoms with Crippen molar-refractivity contribution in [2.45, 2.75) is 25.8 Å². The van der Waals surface area contributed by atoms with E-state index in [0.29, 0.717) is 6.42 Å². The van der Waals surface area contributed by atoms with E-state index in [1.54, 1.807) is 7.11 Å². The highest BCUT2D eigenvalue weighted by Crippen LogP contribution is 2.27. The van der Waals surface area contributed by atoms with Crippen LogP contribution in [0.25, 0.3) is 0 Å². The Hall–Kier alpha value is -2.33. The third-order valence-corrected chi connectivity index (χ3v) is 5.23. The maximum Gasteiger partial charge on any atom is 0.223 e. The van der Waals surface area contributed by atoms with E-state index in [4.69, 9.17) is 4.74 Å². The van der Waals surface area contributed by atoms with Crippen molar-refractivity contribution in [3.05, 3.63) is 65.2 Å². The van der Waals surface area contributed by atoms with Gasteiger partial charge in [-0.1, -0.05) is 42.0 Å². The molecule has 138 valence electrons. The summed E-state index contributed by atoms with van der Waals surface area (Å²) in [5, 5.41) is 0. The average Bonchev–Trinajstić information content (AvgIpc) is 2.67. The first-order valence-corrected chi connectivity index (χ1v) is 9.24. The molecule has 1 fully saturated rings. The molecule has 1 aliphatic heterocycles. The zero-order valence-electron chi connectivity index (χ0n) is 15.9. The van der Waals surface area contributed by atoms with Gasteiger partial charge in [0.25, 0.3) is 0 Å².